The van der Waals surface area contributed by atoms with Crippen LogP contribution in [0, 0.1) is 11.8 Å². The van der Waals surface area contributed by atoms with E-state index in [0.717, 1.165) is 38.5 Å². The fourth-order valence-electron chi connectivity index (χ4n) is 3.25. The van der Waals surface area contributed by atoms with E-state index in [1.807, 2.05) is 0 Å². The van der Waals surface area contributed by atoms with E-state index in [-0.39, 0.29) is 6.10 Å². The Morgan fingerprint density at radius 1 is 1.24 bits per heavy atom. The smallest absolute Gasteiger partial charge is 0.211 e. The van der Waals surface area contributed by atoms with Crippen LogP contribution in [0.4, 0.5) is 0 Å². The van der Waals surface area contributed by atoms with E-state index in [2.05, 4.69) is 0 Å². The van der Waals surface area contributed by atoms with Gasteiger partial charge in [-0.2, -0.15) is 0 Å². The average molecular weight is 261 g/mol. The first-order valence-electron chi connectivity index (χ1n) is 6.58. The van der Waals surface area contributed by atoms with Crippen LogP contribution in [0.5, 0.6) is 0 Å². The van der Waals surface area contributed by atoms with Crippen molar-refractivity contribution in [2.75, 3.05) is 19.3 Å². The molecule has 0 spiro atoms. The lowest BCUT2D eigenvalue weighted by Gasteiger charge is -2.32. The second kappa shape index (κ2) is 5.24. The largest absolute Gasteiger partial charge is 0.393 e. The zero-order valence-electron chi connectivity index (χ0n) is 10.5. The van der Waals surface area contributed by atoms with Crippen molar-refractivity contribution in [3.8, 4) is 0 Å². The zero-order valence-corrected chi connectivity index (χ0v) is 11.3. The number of piperidine rings is 1. The fraction of sp³-hybridized carbons (Fsp3) is 1.00. The fourth-order valence-corrected chi connectivity index (χ4v) is 4.20. The van der Waals surface area contributed by atoms with E-state index < -0.39 is 10.0 Å². The number of aliphatic hydroxyl groups excluding tert-OH is 1. The number of aliphatic hydroxyl groups is 1. The average Bonchev–Trinajstić information content (AvgIpc) is 2.63. The summed E-state index contributed by atoms with van der Waals surface area (Å²) in [6.07, 6.45) is 7.33. The van der Waals surface area contributed by atoms with Gasteiger partial charge in [0, 0.05) is 13.1 Å². The summed E-state index contributed by atoms with van der Waals surface area (Å²) in [4.78, 5) is 0. The molecular formula is C12H23NO3S. The molecule has 1 saturated heterocycles. The van der Waals surface area contributed by atoms with Crippen molar-refractivity contribution in [2.45, 2.75) is 44.6 Å². The summed E-state index contributed by atoms with van der Waals surface area (Å²) in [5.41, 5.74) is 0. The molecule has 0 amide bonds. The Labute approximate surface area is 104 Å². The predicted octanol–water partition coefficient (Wildman–Crippen LogP) is 1.21. The molecule has 0 aromatic rings. The number of rotatable bonds is 3. The molecule has 1 aliphatic carbocycles. The molecule has 1 heterocycles. The topological polar surface area (TPSA) is 57.6 Å². The second-order valence-electron chi connectivity index (χ2n) is 5.70. The van der Waals surface area contributed by atoms with Gasteiger partial charge in [0.2, 0.25) is 10.0 Å². The van der Waals surface area contributed by atoms with Crippen LogP contribution in [0.3, 0.4) is 0 Å². The molecule has 0 aromatic heterocycles. The SMILES string of the molecule is CS(=O)(=O)N1CCCC(CC2CCC(O)C2)C1. The number of hydrogen-bond donors (Lipinski definition) is 1. The van der Waals surface area contributed by atoms with Crippen LogP contribution in [-0.4, -0.2) is 43.3 Å². The molecule has 100 valence electrons. The van der Waals surface area contributed by atoms with E-state index in [4.69, 9.17) is 0 Å². The van der Waals surface area contributed by atoms with Gasteiger partial charge in [0.25, 0.3) is 0 Å². The first-order chi connectivity index (χ1) is 7.95. The van der Waals surface area contributed by atoms with Gasteiger partial charge in [0.15, 0.2) is 0 Å². The third-order valence-corrected chi connectivity index (χ3v) is 5.40. The van der Waals surface area contributed by atoms with Gasteiger partial charge in [-0.25, -0.2) is 12.7 Å². The zero-order chi connectivity index (χ0) is 12.5. The van der Waals surface area contributed by atoms with Crippen molar-refractivity contribution >= 4 is 10.0 Å². The Morgan fingerprint density at radius 2 is 2.00 bits per heavy atom. The van der Waals surface area contributed by atoms with Gasteiger partial charge in [0.1, 0.15) is 0 Å². The predicted molar refractivity (Wildman–Crippen MR) is 67.1 cm³/mol. The molecule has 5 heteroatoms. The van der Waals surface area contributed by atoms with E-state index in [9.17, 15) is 13.5 Å². The van der Waals surface area contributed by atoms with Gasteiger partial charge in [-0.15, -0.1) is 0 Å². The number of sulfonamides is 1. The Bertz CT molecular complexity index is 355. The molecule has 0 aromatic carbocycles. The quantitative estimate of drug-likeness (QED) is 0.831. The molecule has 3 atom stereocenters. The second-order valence-corrected chi connectivity index (χ2v) is 7.68. The maximum Gasteiger partial charge on any atom is 0.211 e. The first-order valence-corrected chi connectivity index (χ1v) is 8.43. The lowest BCUT2D eigenvalue weighted by molar-refractivity contribution is 0.170. The minimum atomic E-state index is -3.02. The van der Waals surface area contributed by atoms with Gasteiger partial charge in [-0.3, -0.25) is 0 Å². The highest BCUT2D eigenvalue weighted by molar-refractivity contribution is 7.88. The molecule has 3 unspecified atom stereocenters. The lowest BCUT2D eigenvalue weighted by Crippen LogP contribution is -2.39. The highest BCUT2D eigenvalue weighted by Crippen LogP contribution is 2.33. The molecule has 2 fully saturated rings. The summed E-state index contributed by atoms with van der Waals surface area (Å²) < 4.78 is 24.6. The molecule has 2 aliphatic rings. The van der Waals surface area contributed by atoms with Gasteiger partial charge in [0.05, 0.1) is 12.4 Å². The monoisotopic (exact) mass is 261 g/mol. The Balaban J connectivity index is 1.85. The summed E-state index contributed by atoms with van der Waals surface area (Å²) in [5, 5.41) is 9.50. The van der Waals surface area contributed by atoms with Crippen molar-refractivity contribution in [3.63, 3.8) is 0 Å². The van der Waals surface area contributed by atoms with Crippen LogP contribution in [0.15, 0.2) is 0 Å². The van der Waals surface area contributed by atoms with Crippen molar-refractivity contribution in [1.82, 2.24) is 4.31 Å². The number of hydrogen-bond acceptors (Lipinski definition) is 3. The number of nitrogens with zero attached hydrogens (tertiary/aromatic N) is 1. The summed E-state index contributed by atoms with van der Waals surface area (Å²) in [7, 11) is -3.02. The van der Waals surface area contributed by atoms with Crippen LogP contribution in [0.1, 0.15) is 38.5 Å². The van der Waals surface area contributed by atoms with Gasteiger partial charge < -0.3 is 5.11 Å². The summed E-state index contributed by atoms with van der Waals surface area (Å²) in [6.45, 7) is 1.37. The molecule has 2 rings (SSSR count). The molecular weight excluding hydrogens is 238 g/mol. The molecule has 1 saturated carbocycles. The van der Waals surface area contributed by atoms with Crippen molar-refractivity contribution in [1.29, 1.82) is 0 Å². The van der Waals surface area contributed by atoms with Crippen LogP contribution >= 0.6 is 0 Å². The Hall–Kier alpha value is -0.130. The standard InChI is InChI=1S/C12H23NO3S/c1-17(15,16)13-6-2-3-11(9-13)7-10-4-5-12(14)8-10/h10-12,14H,2-9H2,1H3. The molecule has 1 N–H and O–H groups in total. The summed E-state index contributed by atoms with van der Waals surface area (Å²) in [5.74, 6) is 1.10. The molecule has 0 radical (unpaired) electrons. The lowest BCUT2D eigenvalue weighted by atomic mass is 9.88. The van der Waals surface area contributed by atoms with Gasteiger partial charge >= 0.3 is 0 Å². The minimum absolute atomic E-state index is 0.116. The van der Waals surface area contributed by atoms with Crippen molar-refractivity contribution in [2.24, 2.45) is 11.8 Å². The van der Waals surface area contributed by atoms with E-state index in [1.165, 1.54) is 6.26 Å². The Morgan fingerprint density at radius 3 is 2.59 bits per heavy atom. The summed E-state index contributed by atoms with van der Waals surface area (Å²) >= 11 is 0. The van der Waals surface area contributed by atoms with Crippen molar-refractivity contribution < 1.29 is 13.5 Å². The third kappa shape index (κ3) is 3.66. The van der Waals surface area contributed by atoms with E-state index in [0.29, 0.717) is 24.9 Å². The molecule has 4 nitrogen and oxygen atoms in total. The van der Waals surface area contributed by atoms with E-state index >= 15 is 0 Å². The van der Waals surface area contributed by atoms with Crippen LogP contribution in [-0.2, 0) is 10.0 Å². The highest BCUT2D eigenvalue weighted by atomic mass is 32.2. The normalized spacial score (nSPS) is 36.2. The maximum absolute atomic E-state index is 11.5. The summed E-state index contributed by atoms with van der Waals surface area (Å²) in [6, 6.07) is 0. The third-order valence-electron chi connectivity index (χ3n) is 4.13. The maximum atomic E-state index is 11.5. The minimum Gasteiger partial charge on any atom is -0.393 e. The van der Waals surface area contributed by atoms with E-state index in [1.54, 1.807) is 4.31 Å². The van der Waals surface area contributed by atoms with Gasteiger partial charge in [-0.05, 0) is 50.4 Å². The highest BCUT2D eigenvalue weighted by Gasteiger charge is 2.30. The first kappa shape index (κ1) is 13.3. The van der Waals surface area contributed by atoms with Crippen LogP contribution in [0.2, 0.25) is 0 Å². The van der Waals surface area contributed by atoms with Crippen LogP contribution in [0.25, 0.3) is 0 Å². The Kier molecular flexibility index (Phi) is 4.10. The molecule has 0 bridgehead atoms. The van der Waals surface area contributed by atoms with Gasteiger partial charge in [-0.1, -0.05) is 0 Å². The molecule has 17 heavy (non-hydrogen) atoms. The molecule has 1 aliphatic heterocycles. The van der Waals surface area contributed by atoms with Crippen LogP contribution < -0.4 is 0 Å². The van der Waals surface area contributed by atoms with Crippen molar-refractivity contribution in [3.05, 3.63) is 0 Å².